The van der Waals surface area contributed by atoms with Gasteiger partial charge in [-0.05, 0) is 42.7 Å². The van der Waals surface area contributed by atoms with Gasteiger partial charge in [-0.3, -0.25) is 0 Å². The van der Waals surface area contributed by atoms with Crippen LogP contribution in [0.15, 0.2) is 42.5 Å². The fourth-order valence-corrected chi connectivity index (χ4v) is 3.43. The van der Waals surface area contributed by atoms with Crippen LogP contribution in [0.4, 0.5) is 0 Å². The minimum Gasteiger partial charge on any atom is -0.489 e. The third-order valence-electron chi connectivity index (χ3n) is 4.32. The highest BCUT2D eigenvalue weighted by atomic mass is 35.5. The summed E-state index contributed by atoms with van der Waals surface area (Å²) in [7, 11) is 0. The fourth-order valence-electron chi connectivity index (χ4n) is 2.92. The third kappa shape index (κ3) is 4.63. The Morgan fingerprint density at radius 2 is 1.61 bits per heavy atom. The van der Waals surface area contributed by atoms with Gasteiger partial charge >= 0.3 is 0 Å². The smallest absolute Gasteiger partial charge is 0.119 e. The highest BCUT2D eigenvalue weighted by Gasteiger charge is 2.13. The van der Waals surface area contributed by atoms with Gasteiger partial charge in [0.25, 0.3) is 0 Å². The van der Waals surface area contributed by atoms with Crippen molar-refractivity contribution in [3.63, 3.8) is 0 Å². The van der Waals surface area contributed by atoms with Gasteiger partial charge in [0, 0.05) is 28.2 Å². The molecule has 0 radical (unpaired) electrons. The van der Waals surface area contributed by atoms with Gasteiger partial charge in [0.1, 0.15) is 12.4 Å². The average Bonchev–Trinajstić information content (AvgIpc) is 3.07. The van der Waals surface area contributed by atoms with E-state index >= 15 is 0 Å². The molecule has 1 saturated carbocycles. The molecule has 0 atom stereocenters. The van der Waals surface area contributed by atoms with Gasteiger partial charge in [-0.15, -0.1) is 0 Å². The number of ether oxygens (including phenoxy) is 1. The number of nitrogens with one attached hydrogen (secondary N) is 1. The summed E-state index contributed by atoms with van der Waals surface area (Å²) in [6, 6.07) is 14.4. The molecule has 2 nitrogen and oxygen atoms in total. The van der Waals surface area contributed by atoms with Crippen molar-refractivity contribution < 1.29 is 4.74 Å². The van der Waals surface area contributed by atoms with Crippen LogP contribution >= 0.6 is 23.2 Å². The Hall–Kier alpha value is -1.22. The maximum atomic E-state index is 6.15. The Morgan fingerprint density at radius 1 is 0.957 bits per heavy atom. The van der Waals surface area contributed by atoms with Gasteiger partial charge in [-0.1, -0.05) is 54.2 Å². The molecule has 1 aliphatic rings. The van der Waals surface area contributed by atoms with Crippen molar-refractivity contribution in [3.8, 4) is 5.75 Å². The van der Waals surface area contributed by atoms with Crippen LogP contribution in [0.5, 0.6) is 5.75 Å². The van der Waals surface area contributed by atoms with Crippen LogP contribution in [0, 0.1) is 0 Å². The van der Waals surface area contributed by atoms with E-state index in [0.29, 0.717) is 22.7 Å². The lowest BCUT2D eigenvalue weighted by Gasteiger charge is -2.13. The summed E-state index contributed by atoms with van der Waals surface area (Å²) >= 11 is 12.3. The van der Waals surface area contributed by atoms with E-state index < -0.39 is 0 Å². The summed E-state index contributed by atoms with van der Waals surface area (Å²) in [4.78, 5) is 0. The zero-order valence-electron chi connectivity index (χ0n) is 13.0. The molecule has 4 heteroatoms. The van der Waals surface area contributed by atoms with Crippen molar-refractivity contribution >= 4 is 23.2 Å². The second-order valence-corrected chi connectivity index (χ2v) is 6.81. The first kappa shape index (κ1) is 16.6. The molecule has 122 valence electrons. The summed E-state index contributed by atoms with van der Waals surface area (Å²) in [5, 5.41) is 4.88. The normalized spacial score (nSPS) is 15.0. The van der Waals surface area contributed by atoms with Crippen LogP contribution in [0.2, 0.25) is 10.0 Å². The summed E-state index contributed by atoms with van der Waals surface area (Å²) in [5.41, 5.74) is 2.10. The van der Waals surface area contributed by atoms with E-state index in [2.05, 4.69) is 17.4 Å². The number of benzene rings is 2. The minimum atomic E-state index is 0.373. The van der Waals surface area contributed by atoms with Crippen molar-refractivity contribution in [2.24, 2.45) is 0 Å². The molecule has 0 saturated heterocycles. The van der Waals surface area contributed by atoms with Crippen molar-refractivity contribution in [2.75, 3.05) is 0 Å². The first-order valence-corrected chi connectivity index (χ1v) is 8.86. The largest absolute Gasteiger partial charge is 0.489 e. The molecule has 0 bridgehead atoms. The predicted molar refractivity (Wildman–Crippen MR) is 96.3 cm³/mol. The molecule has 3 rings (SSSR count). The number of hydrogen-bond donors (Lipinski definition) is 1. The standard InChI is InChI=1S/C19H21Cl2NO/c20-18-6-3-7-19(21)17(18)13-23-16-10-8-14(9-11-16)12-22-15-4-1-2-5-15/h3,6-11,15,22H,1-2,4-5,12-13H2. The van der Waals surface area contributed by atoms with Crippen molar-refractivity contribution in [3.05, 3.63) is 63.6 Å². The van der Waals surface area contributed by atoms with Crippen LogP contribution in [0.25, 0.3) is 0 Å². The topological polar surface area (TPSA) is 21.3 Å². The molecule has 1 fully saturated rings. The molecular weight excluding hydrogens is 329 g/mol. The molecule has 0 aliphatic heterocycles. The SMILES string of the molecule is Clc1cccc(Cl)c1COc1ccc(CNC2CCCC2)cc1. The molecule has 0 unspecified atom stereocenters. The molecule has 0 aromatic heterocycles. The van der Waals surface area contributed by atoms with Gasteiger partial charge in [0.15, 0.2) is 0 Å². The van der Waals surface area contributed by atoms with E-state index in [1.54, 1.807) is 0 Å². The number of rotatable bonds is 6. The van der Waals surface area contributed by atoms with Crippen LogP contribution < -0.4 is 10.1 Å². The van der Waals surface area contributed by atoms with E-state index in [1.165, 1.54) is 31.2 Å². The van der Waals surface area contributed by atoms with Gasteiger partial charge in [-0.25, -0.2) is 0 Å². The Morgan fingerprint density at radius 3 is 2.26 bits per heavy atom. The maximum Gasteiger partial charge on any atom is 0.119 e. The van der Waals surface area contributed by atoms with Gasteiger partial charge in [0.05, 0.1) is 0 Å². The van der Waals surface area contributed by atoms with Gasteiger partial charge in [-0.2, -0.15) is 0 Å². The first-order valence-electron chi connectivity index (χ1n) is 8.10. The minimum absolute atomic E-state index is 0.373. The number of halogens is 2. The highest BCUT2D eigenvalue weighted by molar-refractivity contribution is 6.35. The monoisotopic (exact) mass is 349 g/mol. The Bertz CT molecular complexity index is 616. The molecule has 1 aliphatic carbocycles. The van der Waals surface area contributed by atoms with Crippen molar-refractivity contribution in [2.45, 2.75) is 44.9 Å². The van der Waals surface area contributed by atoms with Crippen LogP contribution in [0.1, 0.15) is 36.8 Å². The number of hydrogen-bond acceptors (Lipinski definition) is 2. The van der Waals surface area contributed by atoms with E-state index in [9.17, 15) is 0 Å². The van der Waals surface area contributed by atoms with Crippen molar-refractivity contribution in [1.29, 1.82) is 0 Å². The molecule has 0 spiro atoms. The molecule has 23 heavy (non-hydrogen) atoms. The van der Waals surface area contributed by atoms with E-state index in [1.807, 2.05) is 30.3 Å². The summed E-state index contributed by atoms with van der Waals surface area (Å²) in [6.45, 7) is 1.29. The zero-order valence-corrected chi connectivity index (χ0v) is 14.5. The fraction of sp³-hybridized carbons (Fsp3) is 0.368. The van der Waals surface area contributed by atoms with E-state index in [0.717, 1.165) is 17.9 Å². The molecule has 2 aromatic carbocycles. The van der Waals surface area contributed by atoms with Gasteiger partial charge < -0.3 is 10.1 Å². The first-order chi connectivity index (χ1) is 11.2. The van der Waals surface area contributed by atoms with E-state index in [4.69, 9.17) is 27.9 Å². The summed E-state index contributed by atoms with van der Waals surface area (Å²) < 4.78 is 5.80. The summed E-state index contributed by atoms with van der Waals surface area (Å²) in [5.74, 6) is 0.825. The van der Waals surface area contributed by atoms with E-state index in [-0.39, 0.29) is 0 Å². The average molecular weight is 350 g/mol. The predicted octanol–water partition coefficient (Wildman–Crippen LogP) is 5.60. The van der Waals surface area contributed by atoms with Crippen LogP contribution in [-0.2, 0) is 13.2 Å². The molecule has 0 amide bonds. The molecule has 1 N–H and O–H groups in total. The lowest BCUT2D eigenvalue weighted by Crippen LogP contribution is -2.25. The molecule has 0 heterocycles. The third-order valence-corrected chi connectivity index (χ3v) is 5.03. The maximum absolute atomic E-state index is 6.15. The van der Waals surface area contributed by atoms with Crippen LogP contribution in [0.3, 0.4) is 0 Å². The van der Waals surface area contributed by atoms with Gasteiger partial charge in [0.2, 0.25) is 0 Å². The zero-order chi connectivity index (χ0) is 16.1. The molecule has 2 aromatic rings. The Labute approximate surface area is 147 Å². The second-order valence-electron chi connectivity index (χ2n) is 6.00. The Balaban J connectivity index is 1.53. The van der Waals surface area contributed by atoms with Crippen LogP contribution in [-0.4, -0.2) is 6.04 Å². The highest BCUT2D eigenvalue weighted by Crippen LogP contribution is 2.26. The molecular formula is C19H21Cl2NO. The van der Waals surface area contributed by atoms with Crippen molar-refractivity contribution in [1.82, 2.24) is 5.32 Å². The lowest BCUT2D eigenvalue weighted by atomic mass is 10.2. The summed E-state index contributed by atoms with van der Waals surface area (Å²) in [6.07, 6.45) is 5.32. The second kappa shape index (κ2) is 8.05. The lowest BCUT2D eigenvalue weighted by molar-refractivity contribution is 0.306. The Kier molecular flexibility index (Phi) is 5.82. The quantitative estimate of drug-likeness (QED) is 0.732.